The van der Waals surface area contributed by atoms with Gasteiger partial charge in [-0.25, -0.2) is 4.79 Å². The van der Waals surface area contributed by atoms with Gasteiger partial charge in [-0.05, 0) is 36.3 Å². The molecule has 0 saturated heterocycles. The third-order valence-corrected chi connectivity index (χ3v) is 4.58. The molecule has 0 spiro atoms. The van der Waals surface area contributed by atoms with Crippen molar-refractivity contribution in [2.45, 2.75) is 38.6 Å². The molecule has 0 fully saturated rings. The quantitative estimate of drug-likeness (QED) is 0.821. The summed E-state index contributed by atoms with van der Waals surface area (Å²) in [5.41, 5.74) is 1.27. The van der Waals surface area contributed by atoms with Gasteiger partial charge in [-0.15, -0.1) is 11.3 Å². The maximum Gasteiger partial charge on any atom is 0.317 e. The smallest absolute Gasteiger partial charge is 0.317 e. The van der Waals surface area contributed by atoms with Crippen molar-refractivity contribution in [2.75, 3.05) is 13.1 Å². The standard InChI is InChI=1S/C14H20N2O3S/c1-2-11-10-6-9-20-12(10)5-8-16(11)14(19)15-7-3-4-13(17)18/h6,9,11H,2-5,7-8H2,1H3,(H,15,19)(H,17,18). The maximum atomic E-state index is 12.2. The van der Waals surface area contributed by atoms with Gasteiger partial charge >= 0.3 is 12.0 Å². The van der Waals surface area contributed by atoms with Gasteiger partial charge in [-0.1, -0.05) is 6.92 Å². The average Bonchev–Trinajstić information content (AvgIpc) is 2.90. The molecule has 0 aromatic carbocycles. The largest absolute Gasteiger partial charge is 0.481 e. The molecule has 0 aliphatic carbocycles. The minimum atomic E-state index is -0.827. The van der Waals surface area contributed by atoms with E-state index in [9.17, 15) is 9.59 Å². The fraction of sp³-hybridized carbons (Fsp3) is 0.571. The van der Waals surface area contributed by atoms with Gasteiger partial charge in [0.15, 0.2) is 0 Å². The minimum Gasteiger partial charge on any atom is -0.481 e. The number of carbonyl (C=O) groups excluding carboxylic acids is 1. The van der Waals surface area contributed by atoms with Gasteiger partial charge in [-0.3, -0.25) is 4.79 Å². The molecular formula is C14H20N2O3S. The molecule has 0 bridgehead atoms. The van der Waals surface area contributed by atoms with Gasteiger partial charge in [-0.2, -0.15) is 0 Å². The number of urea groups is 1. The van der Waals surface area contributed by atoms with Crippen LogP contribution in [0.15, 0.2) is 11.4 Å². The predicted molar refractivity (Wildman–Crippen MR) is 78.0 cm³/mol. The van der Waals surface area contributed by atoms with Crippen molar-refractivity contribution in [3.8, 4) is 0 Å². The van der Waals surface area contributed by atoms with E-state index < -0.39 is 5.97 Å². The van der Waals surface area contributed by atoms with Crippen LogP contribution in [0.2, 0.25) is 0 Å². The number of hydrogen-bond donors (Lipinski definition) is 2. The van der Waals surface area contributed by atoms with E-state index in [1.807, 2.05) is 4.90 Å². The SMILES string of the molecule is CCC1c2ccsc2CCN1C(=O)NCCCC(=O)O. The molecule has 2 amide bonds. The van der Waals surface area contributed by atoms with E-state index in [0.29, 0.717) is 13.0 Å². The van der Waals surface area contributed by atoms with E-state index in [2.05, 4.69) is 23.7 Å². The van der Waals surface area contributed by atoms with Crippen LogP contribution in [0.5, 0.6) is 0 Å². The highest BCUT2D eigenvalue weighted by Crippen LogP contribution is 2.34. The molecule has 110 valence electrons. The zero-order valence-corrected chi connectivity index (χ0v) is 12.4. The van der Waals surface area contributed by atoms with E-state index in [-0.39, 0.29) is 18.5 Å². The zero-order valence-electron chi connectivity index (χ0n) is 11.6. The summed E-state index contributed by atoms with van der Waals surface area (Å²) in [4.78, 5) is 25.9. The zero-order chi connectivity index (χ0) is 14.5. The Morgan fingerprint density at radius 2 is 2.35 bits per heavy atom. The van der Waals surface area contributed by atoms with Crippen molar-refractivity contribution in [2.24, 2.45) is 0 Å². The lowest BCUT2D eigenvalue weighted by Gasteiger charge is -2.35. The van der Waals surface area contributed by atoms with Crippen LogP contribution >= 0.6 is 11.3 Å². The van der Waals surface area contributed by atoms with Crippen LogP contribution < -0.4 is 5.32 Å². The maximum absolute atomic E-state index is 12.2. The van der Waals surface area contributed by atoms with Crippen molar-refractivity contribution in [3.63, 3.8) is 0 Å². The van der Waals surface area contributed by atoms with Gasteiger partial charge in [0.25, 0.3) is 0 Å². The second-order valence-electron chi connectivity index (χ2n) is 4.90. The highest BCUT2D eigenvalue weighted by molar-refractivity contribution is 7.10. The van der Waals surface area contributed by atoms with Crippen molar-refractivity contribution >= 4 is 23.3 Å². The van der Waals surface area contributed by atoms with Crippen LogP contribution in [0.25, 0.3) is 0 Å². The number of carboxylic acids is 1. The van der Waals surface area contributed by atoms with Crippen LogP contribution in [0.1, 0.15) is 42.7 Å². The molecule has 1 aliphatic rings. The minimum absolute atomic E-state index is 0.0842. The molecule has 1 aromatic rings. The fourth-order valence-corrected chi connectivity index (χ4v) is 3.54. The van der Waals surface area contributed by atoms with Gasteiger partial charge in [0.05, 0.1) is 6.04 Å². The molecule has 1 atom stereocenters. The topological polar surface area (TPSA) is 69.6 Å². The fourth-order valence-electron chi connectivity index (χ4n) is 2.62. The third-order valence-electron chi connectivity index (χ3n) is 3.59. The second-order valence-corrected chi connectivity index (χ2v) is 5.90. The first-order valence-corrected chi connectivity index (χ1v) is 7.84. The van der Waals surface area contributed by atoms with Crippen molar-refractivity contribution < 1.29 is 14.7 Å². The van der Waals surface area contributed by atoms with E-state index in [1.54, 1.807) is 11.3 Å². The molecule has 0 radical (unpaired) electrons. The van der Waals surface area contributed by atoms with Crippen LogP contribution in [-0.2, 0) is 11.2 Å². The summed E-state index contributed by atoms with van der Waals surface area (Å²) in [6.45, 7) is 3.23. The second kappa shape index (κ2) is 6.74. The van der Waals surface area contributed by atoms with Gasteiger partial charge in [0.1, 0.15) is 0 Å². The number of fused-ring (bicyclic) bond motifs is 1. The van der Waals surface area contributed by atoms with Crippen molar-refractivity contribution in [3.05, 3.63) is 21.9 Å². The molecule has 5 nitrogen and oxygen atoms in total. The number of hydrogen-bond acceptors (Lipinski definition) is 3. The first-order chi connectivity index (χ1) is 9.63. The van der Waals surface area contributed by atoms with Crippen LogP contribution in [0, 0.1) is 0 Å². The van der Waals surface area contributed by atoms with E-state index >= 15 is 0 Å². The number of nitrogens with zero attached hydrogens (tertiary/aromatic N) is 1. The lowest BCUT2D eigenvalue weighted by Crippen LogP contribution is -2.45. The Morgan fingerprint density at radius 1 is 1.55 bits per heavy atom. The summed E-state index contributed by atoms with van der Waals surface area (Å²) in [5.74, 6) is -0.827. The molecule has 2 heterocycles. The monoisotopic (exact) mass is 296 g/mol. The highest BCUT2D eigenvalue weighted by atomic mass is 32.1. The molecule has 0 saturated carbocycles. The molecular weight excluding hydrogens is 276 g/mol. The van der Waals surface area contributed by atoms with Gasteiger partial charge in [0, 0.05) is 24.4 Å². The van der Waals surface area contributed by atoms with Crippen molar-refractivity contribution in [1.82, 2.24) is 10.2 Å². The number of rotatable bonds is 5. The Hall–Kier alpha value is -1.56. The summed E-state index contributed by atoms with van der Waals surface area (Å²) in [5, 5.41) is 13.5. The Bertz CT molecular complexity index is 487. The number of carboxylic acid groups (broad SMARTS) is 1. The summed E-state index contributed by atoms with van der Waals surface area (Å²) < 4.78 is 0. The van der Waals surface area contributed by atoms with E-state index in [1.165, 1.54) is 10.4 Å². The predicted octanol–water partition coefficient (Wildman–Crippen LogP) is 2.63. The van der Waals surface area contributed by atoms with E-state index in [4.69, 9.17) is 5.11 Å². The molecule has 2 N–H and O–H groups in total. The summed E-state index contributed by atoms with van der Waals surface area (Å²) in [7, 11) is 0. The number of nitrogens with one attached hydrogen (secondary N) is 1. The normalized spacial score (nSPS) is 17.6. The summed E-state index contributed by atoms with van der Waals surface area (Å²) in [6, 6.07) is 2.17. The molecule has 2 rings (SSSR count). The lowest BCUT2D eigenvalue weighted by molar-refractivity contribution is -0.137. The Labute approximate surface area is 122 Å². The van der Waals surface area contributed by atoms with Crippen LogP contribution in [-0.4, -0.2) is 35.1 Å². The first kappa shape index (κ1) is 14.8. The number of amides is 2. The summed E-state index contributed by atoms with van der Waals surface area (Å²) in [6.07, 6.45) is 2.36. The average molecular weight is 296 g/mol. The van der Waals surface area contributed by atoms with Gasteiger partial charge < -0.3 is 15.3 Å². The molecule has 1 aromatic heterocycles. The van der Waals surface area contributed by atoms with Crippen LogP contribution in [0.3, 0.4) is 0 Å². The Morgan fingerprint density at radius 3 is 3.05 bits per heavy atom. The first-order valence-electron chi connectivity index (χ1n) is 6.96. The Balaban J connectivity index is 1.91. The molecule has 20 heavy (non-hydrogen) atoms. The van der Waals surface area contributed by atoms with E-state index in [0.717, 1.165) is 19.4 Å². The van der Waals surface area contributed by atoms with Crippen molar-refractivity contribution in [1.29, 1.82) is 0 Å². The third kappa shape index (κ3) is 3.30. The highest BCUT2D eigenvalue weighted by Gasteiger charge is 2.29. The number of aliphatic carboxylic acids is 1. The lowest BCUT2D eigenvalue weighted by atomic mass is 9.98. The molecule has 1 unspecified atom stereocenters. The number of carbonyl (C=O) groups is 2. The molecule has 1 aliphatic heterocycles. The summed E-state index contributed by atoms with van der Waals surface area (Å²) >= 11 is 1.76. The number of thiophene rings is 1. The van der Waals surface area contributed by atoms with Gasteiger partial charge in [0.2, 0.25) is 0 Å². The van der Waals surface area contributed by atoms with Crippen LogP contribution in [0.4, 0.5) is 4.79 Å². The Kier molecular flexibility index (Phi) is 5.00. The molecule has 6 heteroatoms.